The van der Waals surface area contributed by atoms with Gasteiger partial charge in [-0.05, 0) is 27.2 Å². The summed E-state index contributed by atoms with van der Waals surface area (Å²) in [4.78, 5) is 24.4. The highest BCUT2D eigenvalue weighted by Gasteiger charge is 2.76. The molecule has 5 nitrogen and oxygen atoms in total. The maximum Gasteiger partial charge on any atom is 0.218 e. The van der Waals surface area contributed by atoms with Gasteiger partial charge in [0.2, 0.25) is 11.4 Å². The number of ether oxygens (including phenoxy) is 1. The molecule has 0 aromatic heterocycles. The van der Waals surface area contributed by atoms with Gasteiger partial charge in [0, 0.05) is 12.0 Å². The van der Waals surface area contributed by atoms with Crippen molar-refractivity contribution in [1.82, 2.24) is 0 Å². The Hall–Kier alpha value is -1.46. The van der Waals surface area contributed by atoms with Crippen molar-refractivity contribution in [2.45, 2.75) is 50.9 Å². The van der Waals surface area contributed by atoms with Gasteiger partial charge in [0.05, 0.1) is 0 Å². The Labute approximate surface area is 111 Å². The van der Waals surface area contributed by atoms with Crippen molar-refractivity contribution in [3.05, 3.63) is 23.5 Å². The van der Waals surface area contributed by atoms with Crippen molar-refractivity contribution in [2.24, 2.45) is 0 Å². The maximum atomic E-state index is 12.2. The SMILES string of the molecule is C/C=C/CCC(=O)[C@@]12O[C@@H]1[C@](C)(O)C(O)=C(C)C2=O. The summed E-state index contributed by atoms with van der Waals surface area (Å²) in [5, 5.41) is 20.0. The van der Waals surface area contributed by atoms with Crippen LogP contribution in [0.1, 0.15) is 33.6 Å². The van der Waals surface area contributed by atoms with Gasteiger partial charge in [-0.2, -0.15) is 0 Å². The number of epoxide rings is 1. The number of allylic oxidation sites excluding steroid dienone is 2. The normalized spacial score (nSPS) is 37.7. The third-order valence-corrected chi connectivity index (χ3v) is 3.83. The van der Waals surface area contributed by atoms with Crippen LogP contribution in [-0.2, 0) is 14.3 Å². The van der Waals surface area contributed by atoms with Crippen LogP contribution in [-0.4, -0.2) is 39.1 Å². The Morgan fingerprint density at radius 2 is 2.16 bits per heavy atom. The molecule has 19 heavy (non-hydrogen) atoms. The summed E-state index contributed by atoms with van der Waals surface area (Å²) in [6, 6.07) is 0. The van der Waals surface area contributed by atoms with Gasteiger partial charge in [-0.25, -0.2) is 0 Å². The second kappa shape index (κ2) is 4.28. The number of ketones is 2. The molecule has 1 saturated heterocycles. The molecule has 0 aromatic rings. The average molecular weight is 266 g/mol. The molecular weight excluding hydrogens is 248 g/mol. The molecule has 1 aliphatic carbocycles. The number of rotatable bonds is 4. The van der Waals surface area contributed by atoms with Crippen LogP contribution >= 0.6 is 0 Å². The fraction of sp³-hybridized carbons (Fsp3) is 0.571. The molecule has 104 valence electrons. The highest BCUT2D eigenvalue weighted by molar-refractivity contribution is 6.21. The third-order valence-electron chi connectivity index (χ3n) is 3.83. The largest absolute Gasteiger partial charge is 0.509 e. The summed E-state index contributed by atoms with van der Waals surface area (Å²) in [7, 11) is 0. The van der Waals surface area contributed by atoms with Crippen molar-refractivity contribution in [2.75, 3.05) is 0 Å². The average Bonchev–Trinajstić information content (AvgIpc) is 3.12. The summed E-state index contributed by atoms with van der Waals surface area (Å²) in [6.45, 7) is 4.59. The van der Waals surface area contributed by atoms with E-state index < -0.39 is 28.8 Å². The Morgan fingerprint density at radius 3 is 2.74 bits per heavy atom. The van der Waals surface area contributed by atoms with E-state index in [0.717, 1.165) is 0 Å². The van der Waals surface area contributed by atoms with E-state index in [4.69, 9.17) is 4.74 Å². The van der Waals surface area contributed by atoms with Crippen LogP contribution < -0.4 is 0 Å². The van der Waals surface area contributed by atoms with E-state index in [2.05, 4.69) is 0 Å². The molecule has 0 aromatic carbocycles. The van der Waals surface area contributed by atoms with Crippen LogP contribution in [0.5, 0.6) is 0 Å². The topological polar surface area (TPSA) is 87.1 Å². The van der Waals surface area contributed by atoms with Gasteiger partial charge < -0.3 is 14.9 Å². The molecule has 0 bridgehead atoms. The molecule has 0 unspecified atom stereocenters. The zero-order valence-electron chi connectivity index (χ0n) is 11.3. The number of hydrogen-bond donors (Lipinski definition) is 2. The molecule has 0 saturated carbocycles. The van der Waals surface area contributed by atoms with Crippen LogP contribution in [0, 0.1) is 0 Å². The molecule has 2 aliphatic rings. The predicted molar refractivity (Wildman–Crippen MR) is 67.6 cm³/mol. The molecule has 5 heteroatoms. The lowest BCUT2D eigenvalue weighted by molar-refractivity contribution is -0.133. The summed E-state index contributed by atoms with van der Waals surface area (Å²) < 4.78 is 5.25. The lowest BCUT2D eigenvalue weighted by Crippen LogP contribution is -2.50. The fourth-order valence-corrected chi connectivity index (χ4v) is 2.63. The van der Waals surface area contributed by atoms with E-state index in [0.29, 0.717) is 6.42 Å². The molecule has 1 heterocycles. The fourth-order valence-electron chi connectivity index (χ4n) is 2.63. The molecule has 3 atom stereocenters. The number of carbonyl (C=O) groups is 2. The lowest BCUT2D eigenvalue weighted by atomic mass is 9.75. The first-order chi connectivity index (χ1) is 8.80. The van der Waals surface area contributed by atoms with Gasteiger partial charge >= 0.3 is 0 Å². The van der Waals surface area contributed by atoms with E-state index in [1.807, 2.05) is 19.1 Å². The van der Waals surface area contributed by atoms with Crippen LogP contribution in [0.25, 0.3) is 0 Å². The van der Waals surface area contributed by atoms with E-state index in [-0.39, 0.29) is 17.8 Å². The molecular formula is C14H18O5. The minimum Gasteiger partial charge on any atom is -0.509 e. The quantitative estimate of drug-likeness (QED) is 0.454. The Morgan fingerprint density at radius 1 is 1.53 bits per heavy atom. The summed E-state index contributed by atoms with van der Waals surface area (Å²) in [5.74, 6) is -1.28. The number of aliphatic hydroxyl groups is 2. The highest BCUT2D eigenvalue weighted by atomic mass is 16.6. The number of hydrogen-bond acceptors (Lipinski definition) is 5. The van der Waals surface area contributed by atoms with E-state index in [1.54, 1.807) is 0 Å². The van der Waals surface area contributed by atoms with Gasteiger partial charge in [-0.1, -0.05) is 12.2 Å². The van der Waals surface area contributed by atoms with E-state index in [9.17, 15) is 19.8 Å². The summed E-state index contributed by atoms with van der Waals surface area (Å²) >= 11 is 0. The lowest BCUT2D eigenvalue weighted by Gasteiger charge is -2.28. The maximum absolute atomic E-state index is 12.2. The first-order valence-electron chi connectivity index (χ1n) is 6.30. The second-order valence-electron chi connectivity index (χ2n) is 5.21. The van der Waals surface area contributed by atoms with Crippen molar-refractivity contribution in [3.8, 4) is 0 Å². The Balaban J connectivity index is 2.29. The van der Waals surface area contributed by atoms with Crippen LogP contribution in [0.2, 0.25) is 0 Å². The number of Topliss-reactive ketones (excluding diaryl/α,β-unsaturated/α-hetero) is 2. The summed E-state index contributed by atoms with van der Waals surface area (Å²) in [6.07, 6.45) is 3.38. The molecule has 1 aliphatic heterocycles. The van der Waals surface area contributed by atoms with Gasteiger partial charge in [-0.3, -0.25) is 9.59 Å². The smallest absolute Gasteiger partial charge is 0.218 e. The van der Waals surface area contributed by atoms with Crippen molar-refractivity contribution >= 4 is 11.6 Å². The first kappa shape index (κ1) is 14.0. The van der Waals surface area contributed by atoms with Crippen molar-refractivity contribution in [3.63, 3.8) is 0 Å². The molecule has 1 fully saturated rings. The highest BCUT2D eigenvalue weighted by Crippen LogP contribution is 2.52. The molecule has 0 spiro atoms. The van der Waals surface area contributed by atoms with Crippen LogP contribution in [0.15, 0.2) is 23.5 Å². The molecule has 0 amide bonds. The minimum atomic E-state index is -1.69. The number of aliphatic hydroxyl groups excluding tert-OH is 1. The third kappa shape index (κ3) is 1.76. The first-order valence-corrected chi connectivity index (χ1v) is 6.30. The molecule has 2 N–H and O–H groups in total. The Kier molecular flexibility index (Phi) is 3.15. The zero-order chi connectivity index (χ0) is 14.4. The standard InChI is InChI=1S/C14H18O5/c1-4-5-6-7-9(15)14-11(17)8(2)10(16)13(3,18)12(14)19-14/h4-5,12,16,18H,6-7H2,1-3H3/b5-4+/t12-,13-,14+/m1/s1. The van der Waals surface area contributed by atoms with E-state index in [1.165, 1.54) is 13.8 Å². The minimum absolute atomic E-state index is 0.00173. The van der Waals surface area contributed by atoms with Crippen LogP contribution in [0.4, 0.5) is 0 Å². The summed E-state index contributed by atoms with van der Waals surface area (Å²) in [5.41, 5.74) is -3.27. The van der Waals surface area contributed by atoms with E-state index >= 15 is 0 Å². The zero-order valence-corrected chi connectivity index (χ0v) is 11.3. The Bertz CT molecular complexity index is 500. The number of carbonyl (C=O) groups excluding carboxylic acids is 2. The molecule has 0 radical (unpaired) electrons. The van der Waals surface area contributed by atoms with Gasteiger partial charge in [0.1, 0.15) is 17.5 Å². The van der Waals surface area contributed by atoms with Crippen molar-refractivity contribution in [1.29, 1.82) is 0 Å². The second-order valence-corrected chi connectivity index (χ2v) is 5.21. The van der Waals surface area contributed by atoms with Crippen molar-refractivity contribution < 1.29 is 24.5 Å². The van der Waals surface area contributed by atoms with Gasteiger partial charge in [-0.15, -0.1) is 0 Å². The monoisotopic (exact) mass is 266 g/mol. The number of fused-ring (bicyclic) bond motifs is 1. The molecule has 2 rings (SSSR count). The van der Waals surface area contributed by atoms with Crippen LogP contribution in [0.3, 0.4) is 0 Å². The van der Waals surface area contributed by atoms with Gasteiger partial charge in [0.15, 0.2) is 5.78 Å². The predicted octanol–water partition coefficient (Wildman–Crippen LogP) is 1.22. The van der Waals surface area contributed by atoms with Gasteiger partial charge in [0.25, 0.3) is 0 Å².